The Balaban J connectivity index is 1.89. The monoisotopic (exact) mass is 388 g/mol. The third kappa shape index (κ3) is 6.08. The number of Topliss-reactive ketones (excluding diaryl/α,β-unsaturated/α-hetero) is 1. The van der Waals surface area contributed by atoms with E-state index in [2.05, 4.69) is 26.1 Å². The van der Waals surface area contributed by atoms with Gasteiger partial charge in [0.25, 0.3) is 5.91 Å². The van der Waals surface area contributed by atoms with Crippen molar-refractivity contribution in [3.63, 3.8) is 0 Å². The second-order valence-electron chi connectivity index (χ2n) is 9.37. The Morgan fingerprint density at radius 3 is 1.96 bits per heavy atom. The van der Waals surface area contributed by atoms with Gasteiger partial charge in [0, 0.05) is 24.7 Å². The van der Waals surface area contributed by atoms with Crippen LogP contribution in [0.1, 0.15) is 70.3 Å². The number of ketones is 1. The van der Waals surface area contributed by atoms with E-state index in [1.807, 2.05) is 32.9 Å². The van der Waals surface area contributed by atoms with Gasteiger partial charge in [0.15, 0.2) is 0 Å². The van der Waals surface area contributed by atoms with Gasteiger partial charge in [-0.25, -0.2) is 4.79 Å². The molecule has 0 unspecified atom stereocenters. The number of hydrogen-bond acceptors (Lipinski definition) is 4. The predicted molar refractivity (Wildman–Crippen MR) is 108 cm³/mol. The van der Waals surface area contributed by atoms with Crippen LogP contribution >= 0.6 is 0 Å². The van der Waals surface area contributed by atoms with Gasteiger partial charge in [-0.05, 0) is 44.6 Å². The maximum absolute atomic E-state index is 12.6. The minimum absolute atomic E-state index is 0.00535. The summed E-state index contributed by atoms with van der Waals surface area (Å²) in [5, 5.41) is 2.83. The van der Waals surface area contributed by atoms with Gasteiger partial charge in [-0.3, -0.25) is 9.59 Å². The zero-order chi connectivity index (χ0) is 21.1. The molecule has 1 aromatic carbocycles. The lowest BCUT2D eigenvalue weighted by Gasteiger charge is -2.32. The molecule has 2 rings (SSSR count). The minimum Gasteiger partial charge on any atom is -0.444 e. The zero-order valence-corrected chi connectivity index (χ0v) is 17.8. The number of rotatable bonds is 3. The molecule has 154 valence electrons. The molecule has 0 bridgehead atoms. The molecule has 0 aromatic heterocycles. The fraction of sp³-hybridized carbons (Fsp3) is 0.591. The lowest BCUT2D eigenvalue weighted by molar-refractivity contribution is -0.127. The maximum atomic E-state index is 12.6. The van der Waals surface area contributed by atoms with Gasteiger partial charge in [-0.1, -0.05) is 45.0 Å². The van der Waals surface area contributed by atoms with Crippen molar-refractivity contribution in [1.29, 1.82) is 0 Å². The summed E-state index contributed by atoms with van der Waals surface area (Å²) in [4.78, 5) is 38.5. The van der Waals surface area contributed by atoms with Crippen molar-refractivity contribution in [2.75, 3.05) is 13.1 Å². The van der Waals surface area contributed by atoms with Crippen LogP contribution in [0, 0.1) is 0 Å². The van der Waals surface area contributed by atoms with E-state index < -0.39 is 23.4 Å². The summed E-state index contributed by atoms with van der Waals surface area (Å²) in [5.74, 6) is -0.974. The summed E-state index contributed by atoms with van der Waals surface area (Å²) < 4.78 is 5.26. The molecule has 1 fully saturated rings. The van der Waals surface area contributed by atoms with E-state index in [1.54, 1.807) is 17.0 Å². The molecule has 28 heavy (non-hydrogen) atoms. The topological polar surface area (TPSA) is 75.7 Å². The third-order valence-electron chi connectivity index (χ3n) is 4.71. The van der Waals surface area contributed by atoms with E-state index in [0.717, 1.165) is 5.56 Å². The Morgan fingerprint density at radius 2 is 1.50 bits per heavy atom. The lowest BCUT2D eigenvalue weighted by Crippen LogP contribution is -2.49. The molecule has 0 atom stereocenters. The van der Waals surface area contributed by atoms with Crippen LogP contribution in [-0.4, -0.2) is 47.4 Å². The molecular weight excluding hydrogens is 356 g/mol. The molecule has 1 saturated heterocycles. The van der Waals surface area contributed by atoms with Crippen LogP contribution in [0.5, 0.6) is 0 Å². The minimum atomic E-state index is -0.546. The Labute approximate surface area is 167 Å². The highest BCUT2D eigenvalue weighted by atomic mass is 16.6. The fourth-order valence-electron chi connectivity index (χ4n) is 3.09. The van der Waals surface area contributed by atoms with E-state index in [4.69, 9.17) is 4.74 Å². The molecular formula is C22H32N2O4. The van der Waals surface area contributed by atoms with Crippen molar-refractivity contribution in [3.05, 3.63) is 35.4 Å². The van der Waals surface area contributed by atoms with Crippen molar-refractivity contribution in [1.82, 2.24) is 10.2 Å². The van der Waals surface area contributed by atoms with E-state index in [1.165, 1.54) is 0 Å². The van der Waals surface area contributed by atoms with E-state index in [0.29, 0.717) is 31.5 Å². The van der Waals surface area contributed by atoms with Crippen molar-refractivity contribution >= 4 is 17.8 Å². The molecule has 1 aromatic rings. The van der Waals surface area contributed by atoms with Crippen LogP contribution in [0.2, 0.25) is 0 Å². The first-order valence-electron chi connectivity index (χ1n) is 9.80. The number of nitrogens with one attached hydrogen (secondary N) is 1. The lowest BCUT2D eigenvalue weighted by atomic mass is 9.86. The number of piperidine rings is 1. The normalized spacial score (nSPS) is 15.9. The van der Waals surface area contributed by atoms with Gasteiger partial charge in [0.2, 0.25) is 5.78 Å². The zero-order valence-electron chi connectivity index (χ0n) is 17.8. The highest BCUT2D eigenvalue weighted by molar-refractivity contribution is 6.42. The number of carbonyl (C=O) groups excluding carboxylic acids is 3. The average Bonchev–Trinajstić information content (AvgIpc) is 2.59. The number of alkyl carbamates (subject to hydrolysis) is 1. The van der Waals surface area contributed by atoms with Crippen LogP contribution in [0.15, 0.2) is 24.3 Å². The first kappa shape index (κ1) is 21.9. The summed E-state index contributed by atoms with van der Waals surface area (Å²) in [5.41, 5.74) is 0.974. The number of likely N-dealkylation sites (tertiary alicyclic amines) is 1. The first-order chi connectivity index (χ1) is 12.9. The van der Waals surface area contributed by atoms with E-state index >= 15 is 0 Å². The standard InChI is InChI=1S/C22H32N2O4/c1-21(2,3)16-9-7-15(8-10-16)18(25)19(26)24-13-11-17(12-14-24)23-20(27)28-22(4,5)6/h7-10,17H,11-14H2,1-6H3,(H,23,27). The predicted octanol–water partition coefficient (Wildman–Crippen LogP) is 3.68. The van der Waals surface area contributed by atoms with Crippen molar-refractivity contribution in [2.45, 2.75) is 71.4 Å². The summed E-state index contributed by atoms with van der Waals surface area (Å²) in [6, 6.07) is 7.18. The van der Waals surface area contributed by atoms with Crippen molar-refractivity contribution in [3.8, 4) is 0 Å². The van der Waals surface area contributed by atoms with E-state index in [-0.39, 0.29) is 11.5 Å². The molecule has 0 spiro atoms. The number of nitrogens with zero attached hydrogens (tertiary/aromatic N) is 1. The van der Waals surface area contributed by atoms with Gasteiger partial charge < -0.3 is 15.0 Å². The number of ether oxygens (including phenoxy) is 1. The van der Waals surface area contributed by atoms with Crippen LogP contribution < -0.4 is 5.32 Å². The molecule has 1 N–H and O–H groups in total. The molecule has 1 aliphatic rings. The summed E-state index contributed by atoms with van der Waals surface area (Å²) in [7, 11) is 0. The first-order valence-corrected chi connectivity index (χ1v) is 9.80. The summed E-state index contributed by atoms with van der Waals surface area (Å²) in [6.45, 7) is 12.6. The maximum Gasteiger partial charge on any atom is 0.407 e. The molecule has 1 heterocycles. The number of carbonyl (C=O) groups is 3. The van der Waals surface area contributed by atoms with Crippen LogP contribution in [0.4, 0.5) is 4.79 Å². The molecule has 0 radical (unpaired) electrons. The Hall–Kier alpha value is -2.37. The smallest absolute Gasteiger partial charge is 0.407 e. The largest absolute Gasteiger partial charge is 0.444 e. The van der Waals surface area contributed by atoms with Gasteiger partial charge in [-0.2, -0.15) is 0 Å². The summed E-state index contributed by atoms with van der Waals surface area (Å²) >= 11 is 0. The van der Waals surface area contributed by atoms with Crippen LogP contribution in [0.3, 0.4) is 0 Å². The Kier molecular flexibility index (Phi) is 6.52. The molecule has 6 heteroatoms. The molecule has 0 saturated carbocycles. The SMILES string of the molecule is CC(C)(C)OC(=O)NC1CCN(C(=O)C(=O)c2ccc(C(C)(C)C)cc2)CC1. The second-order valence-corrected chi connectivity index (χ2v) is 9.37. The molecule has 1 aliphatic heterocycles. The summed E-state index contributed by atoms with van der Waals surface area (Å²) in [6.07, 6.45) is 0.745. The second kappa shape index (κ2) is 8.33. The van der Waals surface area contributed by atoms with Crippen molar-refractivity contribution < 1.29 is 19.1 Å². The van der Waals surface area contributed by atoms with Gasteiger partial charge in [-0.15, -0.1) is 0 Å². The van der Waals surface area contributed by atoms with Crippen LogP contribution in [-0.2, 0) is 14.9 Å². The van der Waals surface area contributed by atoms with E-state index in [9.17, 15) is 14.4 Å². The van der Waals surface area contributed by atoms with Crippen molar-refractivity contribution in [2.24, 2.45) is 0 Å². The quantitative estimate of drug-likeness (QED) is 0.633. The van der Waals surface area contributed by atoms with Gasteiger partial charge in [0.05, 0.1) is 0 Å². The number of hydrogen-bond donors (Lipinski definition) is 1. The van der Waals surface area contributed by atoms with Gasteiger partial charge >= 0.3 is 6.09 Å². The third-order valence-corrected chi connectivity index (χ3v) is 4.71. The van der Waals surface area contributed by atoms with Crippen LogP contribution in [0.25, 0.3) is 0 Å². The number of benzene rings is 1. The Bertz CT molecular complexity index is 718. The highest BCUT2D eigenvalue weighted by Crippen LogP contribution is 2.22. The average molecular weight is 389 g/mol. The fourth-order valence-corrected chi connectivity index (χ4v) is 3.09. The highest BCUT2D eigenvalue weighted by Gasteiger charge is 2.29. The Morgan fingerprint density at radius 1 is 0.964 bits per heavy atom. The molecule has 6 nitrogen and oxygen atoms in total. The van der Waals surface area contributed by atoms with Gasteiger partial charge in [0.1, 0.15) is 5.60 Å². The molecule has 0 aliphatic carbocycles. The molecule has 2 amide bonds. The number of amides is 2.